The van der Waals surface area contributed by atoms with E-state index in [0.29, 0.717) is 23.0 Å². The molecule has 1 amide bonds. The Balaban J connectivity index is 1.65. The van der Waals surface area contributed by atoms with Crippen LogP contribution in [0.5, 0.6) is 0 Å². The molecule has 1 fully saturated rings. The molecule has 2 aromatic rings. The Morgan fingerprint density at radius 2 is 2.00 bits per heavy atom. The number of methoxy groups -OCH3 is 1. The molecule has 2 heterocycles. The smallest absolute Gasteiger partial charge is 0.337 e. The van der Waals surface area contributed by atoms with Gasteiger partial charge in [0.05, 0.1) is 23.6 Å². The van der Waals surface area contributed by atoms with Crippen LogP contribution in [0.4, 0.5) is 0 Å². The normalized spacial score (nSPS) is 14.3. The molecule has 9 heteroatoms. The van der Waals surface area contributed by atoms with Gasteiger partial charge in [0.25, 0.3) is 5.56 Å². The molecule has 0 spiro atoms. The van der Waals surface area contributed by atoms with Crippen LogP contribution in [-0.2, 0) is 16.1 Å². The van der Waals surface area contributed by atoms with Crippen LogP contribution in [0.15, 0.2) is 23.0 Å². The third-order valence-corrected chi connectivity index (χ3v) is 5.24. The number of aromatic nitrogens is 2. The highest BCUT2D eigenvalue weighted by molar-refractivity contribution is 7.71. The second kappa shape index (κ2) is 9.11. The van der Waals surface area contributed by atoms with Gasteiger partial charge in [-0.25, -0.2) is 4.79 Å². The minimum absolute atomic E-state index is 0.110. The van der Waals surface area contributed by atoms with E-state index in [4.69, 9.17) is 12.2 Å². The molecule has 1 aromatic carbocycles. The van der Waals surface area contributed by atoms with Crippen molar-refractivity contribution in [1.82, 2.24) is 19.8 Å². The first-order valence-electron chi connectivity index (χ1n) is 9.34. The van der Waals surface area contributed by atoms with Gasteiger partial charge in [-0.2, -0.15) is 0 Å². The number of fused-ring (bicyclic) bond motifs is 1. The molecule has 0 bridgehead atoms. The lowest BCUT2D eigenvalue weighted by atomic mass is 10.1. The van der Waals surface area contributed by atoms with Gasteiger partial charge in [-0.15, -0.1) is 0 Å². The minimum Gasteiger partial charge on any atom is -0.465 e. The first kappa shape index (κ1) is 20.2. The predicted molar refractivity (Wildman–Crippen MR) is 108 cm³/mol. The summed E-state index contributed by atoms with van der Waals surface area (Å²) in [5.41, 5.74) is 0.499. The van der Waals surface area contributed by atoms with Crippen molar-refractivity contribution in [1.29, 1.82) is 0 Å². The SMILES string of the molecule is COC(=O)c1ccc2c(=O)n(CCC(=O)NCCN3CCCC3)c(=S)[nH]c2c1. The van der Waals surface area contributed by atoms with E-state index >= 15 is 0 Å². The minimum atomic E-state index is -0.490. The van der Waals surface area contributed by atoms with Gasteiger partial charge >= 0.3 is 5.97 Å². The number of H-pyrrole nitrogens is 1. The van der Waals surface area contributed by atoms with Crippen molar-refractivity contribution in [2.75, 3.05) is 33.3 Å². The number of aromatic amines is 1. The molecule has 0 saturated carbocycles. The maximum atomic E-state index is 12.7. The van der Waals surface area contributed by atoms with Crippen molar-refractivity contribution in [2.45, 2.75) is 25.8 Å². The molecular formula is C19H24N4O4S. The van der Waals surface area contributed by atoms with Gasteiger partial charge in [0.1, 0.15) is 0 Å². The standard InChI is InChI=1S/C19H24N4O4S/c1-27-18(26)13-4-5-14-15(12-13)21-19(28)23(17(14)25)10-6-16(24)20-7-11-22-8-2-3-9-22/h4-5,12H,2-3,6-11H2,1H3,(H,20,24)(H,21,28). The second-order valence-electron chi connectivity index (χ2n) is 6.79. The van der Waals surface area contributed by atoms with E-state index in [1.165, 1.54) is 36.7 Å². The van der Waals surface area contributed by atoms with Crippen LogP contribution in [0, 0.1) is 4.77 Å². The Morgan fingerprint density at radius 3 is 2.71 bits per heavy atom. The fourth-order valence-electron chi connectivity index (χ4n) is 3.36. The molecule has 28 heavy (non-hydrogen) atoms. The summed E-state index contributed by atoms with van der Waals surface area (Å²) in [6.07, 6.45) is 2.61. The Labute approximate surface area is 167 Å². The molecule has 0 unspecified atom stereocenters. The summed E-state index contributed by atoms with van der Waals surface area (Å²) in [5, 5.41) is 3.29. The summed E-state index contributed by atoms with van der Waals surface area (Å²) in [4.78, 5) is 41.7. The van der Waals surface area contributed by atoms with Crippen molar-refractivity contribution >= 4 is 35.0 Å². The number of nitrogens with zero attached hydrogens (tertiary/aromatic N) is 2. The summed E-state index contributed by atoms with van der Waals surface area (Å²) in [7, 11) is 1.29. The van der Waals surface area contributed by atoms with Gasteiger partial charge in [-0.05, 0) is 56.3 Å². The summed E-state index contributed by atoms with van der Waals surface area (Å²) in [6, 6.07) is 4.62. The number of carbonyl (C=O) groups excluding carboxylic acids is 2. The quantitative estimate of drug-likeness (QED) is 0.536. The van der Waals surface area contributed by atoms with Crippen LogP contribution in [0.25, 0.3) is 10.9 Å². The first-order valence-corrected chi connectivity index (χ1v) is 9.74. The Bertz CT molecular complexity index is 992. The largest absolute Gasteiger partial charge is 0.465 e. The van der Waals surface area contributed by atoms with Crippen LogP contribution in [0.3, 0.4) is 0 Å². The third kappa shape index (κ3) is 4.66. The van der Waals surface area contributed by atoms with Gasteiger partial charge in [0.2, 0.25) is 5.91 Å². The van der Waals surface area contributed by atoms with E-state index in [9.17, 15) is 14.4 Å². The molecule has 0 radical (unpaired) electrons. The molecule has 1 aliphatic rings. The monoisotopic (exact) mass is 404 g/mol. The number of carbonyl (C=O) groups is 2. The van der Waals surface area contributed by atoms with Gasteiger partial charge in [-0.3, -0.25) is 14.2 Å². The van der Waals surface area contributed by atoms with E-state index < -0.39 is 5.97 Å². The highest BCUT2D eigenvalue weighted by Gasteiger charge is 2.13. The summed E-state index contributed by atoms with van der Waals surface area (Å²) in [6.45, 7) is 3.83. The Hall–Kier alpha value is -2.52. The Kier molecular flexibility index (Phi) is 6.58. The lowest BCUT2D eigenvalue weighted by molar-refractivity contribution is -0.121. The van der Waals surface area contributed by atoms with Crippen LogP contribution < -0.4 is 10.9 Å². The molecule has 1 aliphatic heterocycles. The van der Waals surface area contributed by atoms with Crippen molar-refractivity contribution in [3.8, 4) is 0 Å². The third-order valence-electron chi connectivity index (χ3n) is 4.91. The Morgan fingerprint density at radius 1 is 1.25 bits per heavy atom. The molecular weight excluding hydrogens is 380 g/mol. The first-order chi connectivity index (χ1) is 13.5. The second-order valence-corrected chi connectivity index (χ2v) is 7.17. The van der Waals surface area contributed by atoms with E-state index in [1.54, 1.807) is 6.07 Å². The predicted octanol–water partition coefficient (Wildman–Crippen LogP) is 1.45. The fourth-order valence-corrected chi connectivity index (χ4v) is 3.65. The lowest BCUT2D eigenvalue weighted by Crippen LogP contribution is -2.34. The zero-order valence-electron chi connectivity index (χ0n) is 15.8. The van der Waals surface area contributed by atoms with Crippen LogP contribution in [0.1, 0.15) is 29.6 Å². The topological polar surface area (TPSA) is 96.4 Å². The maximum absolute atomic E-state index is 12.7. The number of amides is 1. The molecule has 3 rings (SSSR count). The molecule has 8 nitrogen and oxygen atoms in total. The van der Waals surface area contributed by atoms with Crippen molar-refractivity contribution in [3.63, 3.8) is 0 Å². The van der Waals surface area contributed by atoms with Gasteiger partial charge in [0, 0.05) is 26.1 Å². The average molecular weight is 404 g/mol. The fraction of sp³-hybridized carbons (Fsp3) is 0.474. The number of rotatable bonds is 7. The van der Waals surface area contributed by atoms with Gasteiger partial charge in [0.15, 0.2) is 4.77 Å². The van der Waals surface area contributed by atoms with Crippen molar-refractivity contribution in [3.05, 3.63) is 38.9 Å². The number of benzene rings is 1. The number of hydrogen-bond donors (Lipinski definition) is 2. The number of nitrogens with one attached hydrogen (secondary N) is 2. The number of likely N-dealkylation sites (tertiary alicyclic amines) is 1. The van der Waals surface area contributed by atoms with E-state index in [0.717, 1.165) is 19.6 Å². The van der Waals surface area contributed by atoms with Crippen LogP contribution in [-0.4, -0.2) is 59.6 Å². The van der Waals surface area contributed by atoms with Crippen LogP contribution >= 0.6 is 12.2 Å². The number of ether oxygens (including phenoxy) is 1. The zero-order chi connectivity index (χ0) is 20.1. The summed E-state index contributed by atoms with van der Waals surface area (Å²) < 4.78 is 6.27. The zero-order valence-corrected chi connectivity index (χ0v) is 16.6. The van der Waals surface area contributed by atoms with E-state index in [1.807, 2.05) is 0 Å². The molecule has 1 saturated heterocycles. The highest BCUT2D eigenvalue weighted by Crippen LogP contribution is 2.12. The van der Waals surface area contributed by atoms with E-state index in [-0.39, 0.29) is 29.2 Å². The number of hydrogen-bond acceptors (Lipinski definition) is 6. The lowest BCUT2D eigenvalue weighted by Gasteiger charge is -2.14. The van der Waals surface area contributed by atoms with E-state index in [2.05, 4.69) is 19.9 Å². The number of esters is 1. The molecule has 150 valence electrons. The molecule has 0 atom stereocenters. The molecule has 0 aliphatic carbocycles. The summed E-state index contributed by atoms with van der Waals surface area (Å²) >= 11 is 5.27. The van der Waals surface area contributed by atoms with Gasteiger partial charge < -0.3 is 19.9 Å². The highest BCUT2D eigenvalue weighted by atomic mass is 32.1. The van der Waals surface area contributed by atoms with Crippen molar-refractivity contribution < 1.29 is 14.3 Å². The van der Waals surface area contributed by atoms with Crippen molar-refractivity contribution in [2.24, 2.45) is 0 Å². The van der Waals surface area contributed by atoms with Gasteiger partial charge in [-0.1, -0.05) is 0 Å². The maximum Gasteiger partial charge on any atom is 0.337 e. The summed E-state index contributed by atoms with van der Waals surface area (Å²) in [5.74, 6) is -0.599. The molecule has 1 aromatic heterocycles. The van der Waals surface area contributed by atoms with Crippen LogP contribution in [0.2, 0.25) is 0 Å². The average Bonchev–Trinajstić information content (AvgIpc) is 3.20. The molecule has 2 N–H and O–H groups in total.